The standard InChI is InChI=1S/C21H19F4N3O5/c1-13-2-3-14(10-17(13)22)19(29)26-6-8-27(9-7-26)20(30)16-11-15(33-12-21(23,24)25)4-5-18(16)28(31)32/h2-5,10-11H,6-9,12H2,1H3. The Balaban J connectivity index is 1.72. The lowest BCUT2D eigenvalue weighted by molar-refractivity contribution is -0.385. The number of halogens is 4. The molecule has 1 heterocycles. The average Bonchev–Trinajstić information content (AvgIpc) is 2.78. The van der Waals surface area contributed by atoms with E-state index in [1.54, 1.807) is 6.92 Å². The highest BCUT2D eigenvalue weighted by Gasteiger charge is 2.31. The van der Waals surface area contributed by atoms with Gasteiger partial charge in [-0.25, -0.2) is 4.39 Å². The number of alkyl halides is 3. The second kappa shape index (κ2) is 9.43. The van der Waals surface area contributed by atoms with Gasteiger partial charge in [0.15, 0.2) is 6.61 Å². The van der Waals surface area contributed by atoms with Gasteiger partial charge in [-0.05, 0) is 36.8 Å². The molecule has 0 radical (unpaired) electrons. The molecule has 0 N–H and O–H groups in total. The normalized spacial score (nSPS) is 14.2. The van der Waals surface area contributed by atoms with E-state index >= 15 is 0 Å². The Hall–Kier alpha value is -3.70. The van der Waals surface area contributed by atoms with Crippen LogP contribution in [-0.4, -0.2) is 65.5 Å². The summed E-state index contributed by atoms with van der Waals surface area (Å²) in [7, 11) is 0. The van der Waals surface area contributed by atoms with Crippen LogP contribution in [0.3, 0.4) is 0 Å². The topological polar surface area (TPSA) is 93.0 Å². The van der Waals surface area contributed by atoms with Gasteiger partial charge >= 0.3 is 6.18 Å². The molecule has 1 aliphatic heterocycles. The van der Waals surface area contributed by atoms with Crippen LogP contribution >= 0.6 is 0 Å². The van der Waals surface area contributed by atoms with Gasteiger partial charge in [-0.2, -0.15) is 13.2 Å². The highest BCUT2D eigenvalue weighted by atomic mass is 19.4. The van der Waals surface area contributed by atoms with Gasteiger partial charge in [-0.1, -0.05) is 6.07 Å². The summed E-state index contributed by atoms with van der Waals surface area (Å²) in [4.78, 5) is 38.7. The van der Waals surface area contributed by atoms with Crippen molar-refractivity contribution in [1.82, 2.24) is 9.80 Å². The first-order valence-corrected chi connectivity index (χ1v) is 9.79. The minimum Gasteiger partial charge on any atom is -0.484 e. The van der Waals surface area contributed by atoms with E-state index in [4.69, 9.17) is 0 Å². The number of nitro benzene ring substituents is 1. The van der Waals surface area contributed by atoms with Crippen LogP contribution in [0.1, 0.15) is 26.3 Å². The number of hydrogen-bond donors (Lipinski definition) is 0. The SMILES string of the molecule is Cc1ccc(C(=O)N2CCN(C(=O)c3cc(OCC(F)(F)F)ccc3[N+](=O)[O-])CC2)cc1F. The van der Waals surface area contributed by atoms with Gasteiger partial charge in [-0.15, -0.1) is 0 Å². The third kappa shape index (κ3) is 5.76. The van der Waals surface area contributed by atoms with E-state index in [1.165, 1.54) is 21.9 Å². The van der Waals surface area contributed by atoms with E-state index in [-0.39, 0.29) is 37.5 Å². The molecule has 0 atom stereocenters. The number of carbonyl (C=O) groups is 2. The number of amides is 2. The van der Waals surface area contributed by atoms with Crippen LogP contribution in [0, 0.1) is 22.9 Å². The Labute approximate surface area is 185 Å². The lowest BCUT2D eigenvalue weighted by atomic mass is 10.1. The van der Waals surface area contributed by atoms with Crippen LogP contribution in [0.4, 0.5) is 23.2 Å². The average molecular weight is 469 g/mol. The van der Waals surface area contributed by atoms with Crippen molar-refractivity contribution in [3.05, 3.63) is 69.0 Å². The second-order valence-electron chi connectivity index (χ2n) is 7.39. The van der Waals surface area contributed by atoms with E-state index in [1.807, 2.05) is 0 Å². The molecule has 0 saturated carbocycles. The smallest absolute Gasteiger partial charge is 0.422 e. The summed E-state index contributed by atoms with van der Waals surface area (Å²) in [6, 6.07) is 6.90. The summed E-state index contributed by atoms with van der Waals surface area (Å²) in [6.07, 6.45) is -4.62. The molecule has 3 rings (SSSR count). The van der Waals surface area contributed by atoms with Gasteiger partial charge in [0.2, 0.25) is 0 Å². The zero-order chi connectivity index (χ0) is 24.3. The van der Waals surface area contributed by atoms with Crippen molar-refractivity contribution in [1.29, 1.82) is 0 Å². The Kier molecular flexibility index (Phi) is 6.84. The maximum absolute atomic E-state index is 13.8. The van der Waals surface area contributed by atoms with E-state index in [0.717, 1.165) is 24.3 Å². The third-order valence-corrected chi connectivity index (χ3v) is 5.07. The van der Waals surface area contributed by atoms with Gasteiger partial charge < -0.3 is 14.5 Å². The summed E-state index contributed by atoms with van der Waals surface area (Å²) in [5.41, 5.74) is -0.443. The summed E-state index contributed by atoms with van der Waals surface area (Å²) < 4.78 is 55.6. The highest BCUT2D eigenvalue weighted by Crippen LogP contribution is 2.27. The minimum absolute atomic E-state index is 0.0315. The largest absolute Gasteiger partial charge is 0.484 e. The van der Waals surface area contributed by atoms with Crippen LogP contribution in [0.15, 0.2) is 36.4 Å². The molecule has 1 fully saturated rings. The number of nitrogens with zero attached hydrogens (tertiary/aromatic N) is 3. The maximum atomic E-state index is 13.8. The molecule has 1 aliphatic rings. The molecular formula is C21H19F4N3O5. The van der Waals surface area contributed by atoms with Crippen molar-refractivity contribution in [2.45, 2.75) is 13.1 Å². The second-order valence-corrected chi connectivity index (χ2v) is 7.39. The fraction of sp³-hybridized carbons (Fsp3) is 0.333. The Bertz CT molecular complexity index is 1080. The highest BCUT2D eigenvalue weighted by molar-refractivity contribution is 5.99. The first kappa shape index (κ1) is 24.0. The van der Waals surface area contributed by atoms with Gasteiger partial charge in [0, 0.05) is 37.8 Å². The summed E-state index contributed by atoms with van der Waals surface area (Å²) in [5.74, 6) is -2.05. The number of nitro groups is 1. The van der Waals surface area contributed by atoms with Crippen molar-refractivity contribution in [3.63, 3.8) is 0 Å². The number of ether oxygens (including phenoxy) is 1. The predicted molar refractivity (Wildman–Crippen MR) is 108 cm³/mol. The quantitative estimate of drug-likeness (QED) is 0.379. The fourth-order valence-corrected chi connectivity index (χ4v) is 3.29. The molecule has 2 aromatic rings. The molecular weight excluding hydrogens is 450 g/mol. The zero-order valence-electron chi connectivity index (χ0n) is 17.4. The molecule has 33 heavy (non-hydrogen) atoms. The minimum atomic E-state index is -4.62. The molecule has 8 nitrogen and oxygen atoms in total. The number of piperazine rings is 1. The van der Waals surface area contributed by atoms with Crippen molar-refractivity contribution in [3.8, 4) is 5.75 Å². The fourth-order valence-electron chi connectivity index (χ4n) is 3.29. The van der Waals surface area contributed by atoms with E-state index in [9.17, 15) is 37.3 Å². The summed E-state index contributed by atoms with van der Waals surface area (Å²) in [6.45, 7) is 0.207. The first-order valence-electron chi connectivity index (χ1n) is 9.79. The van der Waals surface area contributed by atoms with Crippen LogP contribution in [-0.2, 0) is 0 Å². The number of hydrogen-bond acceptors (Lipinski definition) is 5. The van der Waals surface area contributed by atoms with Crippen LogP contribution in [0.2, 0.25) is 0 Å². The molecule has 12 heteroatoms. The van der Waals surface area contributed by atoms with Gasteiger partial charge in [0.1, 0.15) is 17.1 Å². The Morgan fingerprint density at radius 3 is 2.18 bits per heavy atom. The van der Waals surface area contributed by atoms with E-state index in [2.05, 4.69) is 4.74 Å². The van der Waals surface area contributed by atoms with Gasteiger partial charge in [0.25, 0.3) is 17.5 Å². The lowest BCUT2D eigenvalue weighted by Gasteiger charge is -2.34. The maximum Gasteiger partial charge on any atom is 0.422 e. The van der Waals surface area contributed by atoms with E-state index in [0.29, 0.717) is 5.56 Å². The van der Waals surface area contributed by atoms with Crippen molar-refractivity contribution < 1.29 is 36.8 Å². The number of aryl methyl sites for hydroxylation is 1. The Morgan fingerprint density at radius 1 is 1.03 bits per heavy atom. The monoisotopic (exact) mass is 469 g/mol. The molecule has 0 bridgehead atoms. The molecule has 0 spiro atoms. The molecule has 2 aromatic carbocycles. The van der Waals surface area contributed by atoms with Crippen molar-refractivity contribution in [2.24, 2.45) is 0 Å². The number of rotatable bonds is 5. The number of carbonyl (C=O) groups excluding carboxylic acids is 2. The Morgan fingerprint density at radius 2 is 1.64 bits per heavy atom. The van der Waals surface area contributed by atoms with Crippen molar-refractivity contribution in [2.75, 3.05) is 32.8 Å². The van der Waals surface area contributed by atoms with Crippen LogP contribution < -0.4 is 4.74 Å². The lowest BCUT2D eigenvalue weighted by Crippen LogP contribution is -2.50. The van der Waals surface area contributed by atoms with Gasteiger partial charge in [0.05, 0.1) is 4.92 Å². The number of benzene rings is 2. The predicted octanol–water partition coefficient (Wildman–Crippen LogP) is 3.58. The van der Waals surface area contributed by atoms with Gasteiger partial charge in [-0.3, -0.25) is 19.7 Å². The molecule has 0 aliphatic carbocycles. The molecule has 1 saturated heterocycles. The van der Waals surface area contributed by atoms with Crippen LogP contribution in [0.25, 0.3) is 0 Å². The molecule has 176 valence electrons. The third-order valence-electron chi connectivity index (χ3n) is 5.07. The van der Waals surface area contributed by atoms with E-state index < -0.39 is 46.6 Å². The zero-order valence-corrected chi connectivity index (χ0v) is 17.4. The van der Waals surface area contributed by atoms with Crippen molar-refractivity contribution >= 4 is 17.5 Å². The first-order chi connectivity index (χ1) is 15.5. The van der Waals surface area contributed by atoms with Crippen LogP contribution in [0.5, 0.6) is 5.75 Å². The molecule has 0 aromatic heterocycles. The molecule has 0 unspecified atom stereocenters. The summed E-state index contributed by atoms with van der Waals surface area (Å²) in [5, 5.41) is 11.3. The summed E-state index contributed by atoms with van der Waals surface area (Å²) >= 11 is 0. The molecule has 2 amide bonds.